The number of carbonyl (C=O) groups is 1. The van der Waals surface area contributed by atoms with E-state index in [4.69, 9.17) is 5.11 Å². The van der Waals surface area contributed by atoms with Gasteiger partial charge in [-0.3, -0.25) is 9.36 Å². The average Bonchev–Trinajstić information content (AvgIpc) is 2.47. The van der Waals surface area contributed by atoms with Gasteiger partial charge < -0.3 is 5.11 Å². The Morgan fingerprint density at radius 3 is 2.52 bits per heavy atom. The second kappa shape index (κ2) is 7.28. The summed E-state index contributed by atoms with van der Waals surface area (Å²) in [5.74, 6) is -3.42. The van der Waals surface area contributed by atoms with Crippen molar-refractivity contribution in [3.05, 3.63) is 63.8 Å². The molecule has 0 atom stereocenters. The summed E-state index contributed by atoms with van der Waals surface area (Å²) in [4.78, 5) is 26.1. The molecule has 0 aliphatic heterocycles. The number of nitrogens with zero attached hydrogens (tertiary/aromatic N) is 2. The van der Waals surface area contributed by atoms with Crippen LogP contribution in [0.1, 0.15) is 29.8 Å². The number of aromatic carboxylic acids is 1. The first-order chi connectivity index (χ1) is 9.99. The Hall–Kier alpha value is -2.57. The molecule has 0 aliphatic rings. The lowest BCUT2D eigenvalue weighted by Crippen LogP contribution is -2.27. The van der Waals surface area contributed by atoms with Crippen LogP contribution in [0.15, 0.2) is 35.5 Å². The van der Waals surface area contributed by atoms with E-state index in [0.29, 0.717) is 5.56 Å². The van der Waals surface area contributed by atoms with Crippen molar-refractivity contribution < 1.29 is 18.7 Å². The van der Waals surface area contributed by atoms with Crippen LogP contribution in [0.25, 0.3) is 0 Å². The van der Waals surface area contributed by atoms with Gasteiger partial charge in [0.2, 0.25) is 0 Å². The molecule has 1 heterocycles. The lowest BCUT2D eigenvalue weighted by atomic mass is 10.2. The van der Waals surface area contributed by atoms with E-state index in [9.17, 15) is 18.4 Å². The lowest BCUT2D eigenvalue weighted by molar-refractivity contribution is 0.0693. The summed E-state index contributed by atoms with van der Waals surface area (Å²) >= 11 is 0. The summed E-state index contributed by atoms with van der Waals surface area (Å²) in [5.41, 5.74) is -0.914. The van der Waals surface area contributed by atoms with Crippen molar-refractivity contribution in [1.29, 1.82) is 0 Å². The van der Waals surface area contributed by atoms with Gasteiger partial charge in [-0.25, -0.2) is 18.6 Å². The smallest absolute Gasteiger partial charge is 0.342 e. The maximum atomic E-state index is 13.0. The molecule has 2 aromatic rings. The van der Waals surface area contributed by atoms with Crippen molar-refractivity contribution in [2.24, 2.45) is 0 Å². The topological polar surface area (TPSA) is 72.2 Å². The fraction of sp³-hybridized carbons (Fsp3) is 0.214. The maximum Gasteiger partial charge on any atom is 0.342 e. The van der Waals surface area contributed by atoms with E-state index in [1.54, 1.807) is 0 Å². The van der Waals surface area contributed by atoms with Crippen LogP contribution in [0.5, 0.6) is 0 Å². The van der Waals surface area contributed by atoms with Gasteiger partial charge in [-0.15, -0.1) is 0 Å². The van der Waals surface area contributed by atoms with Crippen molar-refractivity contribution in [1.82, 2.24) is 9.55 Å². The number of carboxylic acids is 1. The largest absolute Gasteiger partial charge is 0.477 e. The van der Waals surface area contributed by atoms with Crippen LogP contribution >= 0.6 is 0 Å². The highest BCUT2D eigenvalue weighted by Gasteiger charge is 2.11. The number of rotatable bonds is 3. The first kappa shape index (κ1) is 16.5. The van der Waals surface area contributed by atoms with Crippen molar-refractivity contribution in [3.8, 4) is 0 Å². The third-order valence-electron chi connectivity index (χ3n) is 2.47. The molecule has 0 spiro atoms. The Kier molecular flexibility index (Phi) is 5.71. The Labute approximate surface area is 119 Å². The van der Waals surface area contributed by atoms with Crippen molar-refractivity contribution in [2.75, 3.05) is 0 Å². The van der Waals surface area contributed by atoms with Crippen LogP contribution in [0.4, 0.5) is 8.78 Å². The van der Waals surface area contributed by atoms with E-state index < -0.39 is 28.7 Å². The number of aromatic nitrogens is 2. The molecule has 2 rings (SSSR count). The number of hydrogen-bond donors (Lipinski definition) is 1. The summed E-state index contributed by atoms with van der Waals surface area (Å²) in [5, 5.41) is 8.77. The minimum Gasteiger partial charge on any atom is -0.477 e. The molecule has 0 amide bonds. The number of hydrogen-bond acceptors (Lipinski definition) is 3. The molecule has 1 aromatic heterocycles. The van der Waals surface area contributed by atoms with Gasteiger partial charge in [-0.2, -0.15) is 0 Å². The van der Waals surface area contributed by atoms with Gasteiger partial charge in [0, 0.05) is 6.20 Å². The Bertz CT molecular complexity index is 699. The molecule has 5 nitrogen and oxygen atoms in total. The van der Waals surface area contributed by atoms with Crippen LogP contribution in [0.2, 0.25) is 0 Å². The molecule has 7 heteroatoms. The summed E-state index contributed by atoms with van der Waals surface area (Å²) in [6, 6.07) is 3.18. The minimum atomic E-state index is -1.39. The molecule has 1 N–H and O–H groups in total. The van der Waals surface area contributed by atoms with Gasteiger partial charge >= 0.3 is 5.97 Å². The van der Waals surface area contributed by atoms with Crippen molar-refractivity contribution in [2.45, 2.75) is 20.4 Å². The zero-order chi connectivity index (χ0) is 16.0. The molecule has 0 unspecified atom stereocenters. The molecule has 0 bridgehead atoms. The predicted octanol–water partition coefficient (Wildman–Crippen LogP) is 2.29. The first-order valence-electron chi connectivity index (χ1n) is 6.20. The van der Waals surface area contributed by atoms with E-state index in [2.05, 4.69) is 4.98 Å². The first-order valence-corrected chi connectivity index (χ1v) is 6.20. The third kappa shape index (κ3) is 3.95. The zero-order valence-corrected chi connectivity index (χ0v) is 11.5. The molecular weight excluding hydrogens is 282 g/mol. The van der Waals surface area contributed by atoms with Crippen LogP contribution in [-0.4, -0.2) is 20.6 Å². The number of benzene rings is 1. The van der Waals surface area contributed by atoms with Crippen LogP contribution < -0.4 is 5.56 Å². The van der Waals surface area contributed by atoms with E-state index >= 15 is 0 Å². The van der Waals surface area contributed by atoms with Gasteiger partial charge in [0.15, 0.2) is 11.6 Å². The molecule has 0 aliphatic carbocycles. The second-order valence-corrected chi connectivity index (χ2v) is 3.79. The molecule has 0 saturated carbocycles. The third-order valence-corrected chi connectivity index (χ3v) is 2.47. The molecular formula is C14H14F2N2O3. The van der Waals surface area contributed by atoms with E-state index in [1.165, 1.54) is 6.07 Å². The molecule has 0 fully saturated rings. The Morgan fingerprint density at radius 2 is 1.95 bits per heavy atom. The fourth-order valence-electron chi connectivity index (χ4n) is 1.54. The van der Waals surface area contributed by atoms with Gasteiger partial charge in [-0.1, -0.05) is 19.9 Å². The second-order valence-electron chi connectivity index (χ2n) is 3.79. The zero-order valence-electron chi connectivity index (χ0n) is 11.5. The quantitative estimate of drug-likeness (QED) is 0.943. The van der Waals surface area contributed by atoms with Gasteiger partial charge in [0.05, 0.1) is 12.9 Å². The highest BCUT2D eigenvalue weighted by molar-refractivity contribution is 5.86. The number of halogens is 2. The average molecular weight is 296 g/mol. The monoisotopic (exact) mass is 296 g/mol. The van der Waals surface area contributed by atoms with Gasteiger partial charge in [0.25, 0.3) is 5.56 Å². The van der Waals surface area contributed by atoms with E-state index in [0.717, 1.165) is 29.2 Å². The normalized spacial score (nSPS) is 9.71. The fourth-order valence-corrected chi connectivity index (χ4v) is 1.54. The molecule has 0 saturated heterocycles. The van der Waals surface area contributed by atoms with Crippen molar-refractivity contribution in [3.63, 3.8) is 0 Å². The maximum absolute atomic E-state index is 13.0. The summed E-state index contributed by atoms with van der Waals surface area (Å²) in [6.07, 6.45) is 2.07. The molecule has 112 valence electrons. The number of carboxylic acid groups (broad SMARTS) is 1. The SMILES string of the molecule is CC.O=C(O)c1cncn(Cc2ccc(F)c(F)c2)c1=O. The standard InChI is InChI=1S/C12H8F2N2O3.C2H6/c13-9-2-1-7(3-10(9)14)5-16-6-15-4-8(11(16)17)12(18)19;1-2/h1-4,6H,5H2,(H,18,19);1-2H3. The molecule has 1 aromatic carbocycles. The highest BCUT2D eigenvalue weighted by atomic mass is 19.2. The lowest BCUT2D eigenvalue weighted by Gasteiger charge is -2.06. The summed E-state index contributed by atoms with van der Waals surface area (Å²) in [7, 11) is 0. The van der Waals surface area contributed by atoms with E-state index in [-0.39, 0.29) is 6.54 Å². The Balaban J connectivity index is 0.00000106. The highest BCUT2D eigenvalue weighted by Crippen LogP contribution is 2.09. The molecule has 0 radical (unpaired) electrons. The van der Waals surface area contributed by atoms with Crippen LogP contribution in [0, 0.1) is 11.6 Å². The van der Waals surface area contributed by atoms with E-state index in [1.807, 2.05) is 13.8 Å². The molecule has 21 heavy (non-hydrogen) atoms. The van der Waals surface area contributed by atoms with Crippen LogP contribution in [-0.2, 0) is 6.54 Å². The summed E-state index contributed by atoms with van der Waals surface area (Å²) < 4.78 is 26.8. The van der Waals surface area contributed by atoms with Gasteiger partial charge in [0.1, 0.15) is 5.56 Å². The minimum absolute atomic E-state index is 0.0931. The Morgan fingerprint density at radius 1 is 1.29 bits per heavy atom. The van der Waals surface area contributed by atoms with Gasteiger partial charge in [-0.05, 0) is 17.7 Å². The van der Waals surface area contributed by atoms with Crippen molar-refractivity contribution >= 4 is 5.97 Å². The summed E-state index contributed by atoms with van der Waals surface area (Å²) in [6.45, 7) is 3.91. The predicted molar refractivity (Wildman–Crippen MR) is 72.3 cm³/mol. The van der Waals surface area contributed by atoms with Crippen LogP contribution in [0.3, 0.4) is 0 Å².